The van der Waals surface area contributed by atoms with E-state index in [1.165, 1.54) is 12.1 Å². The molecule has 5 N–H and O–H groups in total. The van der Waals surface area contributed by atoms with Gasteiger partial charge in [0.1, 0.15) is 17.4 Å². The van der Waals surface area contributed by atoms with E-state index in [2.05, 4.69) is 15.3 Å². The van der Waals surface area contributed by atoms with Gasteiger partial charge < -0.3 is 30.1 Å². The minimum absolute atomic E-state index is 0.211. The third-order valence-electron chi connectivity index (χ3n) is 5.80. The fourth-order valence-corrected chi connectivity index (χ4v) is 4.93. The quantitative estimate of drug-likeness (QED) is 0.231. The minimum Gasteiger partial charge on any atom is -0.480 e. The number of carbonyl (C=O) groups is 2. The number of hydrogen-bond donors (Lipinski definition) is 5. The molecule has 3 atom stereocenters. The molecule has 0 aliphatic rings. The number of carbonyl (C=O) groups excluding carboxylic acids is 1. The molecule has 0 radical (unpaired) electrons. The molecule has 0 saturated heterocycles. The van der Waals surface area contributed by atoms with Gasteiger partial charge in [-0.2, -0.15) is 13.2 Å². The highest BCUT2D eigenvalue weighted by molar-refractivity contribution is 7.92. The summed E-state index contributed by atoms with van der Waals surface area (Å²) < 4.78 is 73.2. The summed E-state index contributed by atoms with van der Waals surface area (Å²) in [5.74, 6) is -3.16. The second kappa shape index (κ2) is 12.8. The number of nitrogens with zero attached hydrogens (tertiary/aromatic N) is 2. The van der Waals surface area contributed by atoms with E-state index in [4.69, 9.17) is 14.3 Å². The Kier molecular flexibility index (Phi) is 10.6. The predicted molar refractivity (Wildman–Crippen MR) is 144 cm³/mol. The van der Waals surface area contributed by atoms with Gasteiger partial charge in [0.2, 0.25) is 11.5 Å². The van der Waals surface area contributed by atoms with Crippen molar-refractivity contribution in [2.45, 2.75) is 76.5 Å². The van der Waals surface area contributed by atoms with Crippen molar-refractivity contribution < 1.29 is 51.8 Å². The van der Waals surface area contributed by atoms with Crippen LogP contribution in [0.15, 0.2) is 36.7 Å². The van der Waals surface area contributed by atoms with Crippen LogP contribution in [-0.4, -0.2) is 70.9 Å². The van der Waals surface area contributed by atoms with E-state index >= 15 is 0 Å². The van der Waals surface area contributed by atoms with Crippen LogP contribution in [0.3, 0.4) is 0 Å². The number of alkyl carbamates (subject to hydrolysis) is 1. The van der Waals surface area contributed by atoms with E-state index in [1.54, 1.807) is 46.8 Å². The molecule has 1 heterocycles. The predicted octanol–water partition coefficient (Wildman–Crippen LogP) is 4.05. The molecular formula is C26H35F3N4O8S. The van der Waals surface area contributed by atoms with Gasteiger partial charge >= 0.3 is 18.2 Å². The highest BCUT2D eigenvalue weighted by Crippen LogP contribution is 2.41. The molecular weight excluding hydrogens is 585 g/mol. The number of aromatic nitrogens is 2. The van der Waals surface area contributed by atoms with Crippen LogP contribution in [0.4, 0.5) is 18.0 Å². The Bertz CT molecular complexity index is 1360. The van der Waals surface area contributed by atoms with Crippen molar-refractivity contribution in [3.05, 3.63) is 47.9 Å². The molecule has 234 valence electrons. The maximum Gasteiger partial charge on any atom is 0.423 e. The topological polar surface area (TPSA) is 192 Å². The third kappa shape index (κ3) is 10.1. The largest absolute Gasteiger partial charge is 0.480 e. The third-order valence-corrected chi connectivity index (χ3v) is 7.56. The van der Waals surface area contributed by atoms with Crippen LogP contribution in [0, 0.1) is 4.78 Å². The van der Waals surface area contributed by atoms with Crippen LogP contribution in [0.25, 0.3) is 0 Å². The lowest BCUT2D eigenvalue weighted by molar-refractivity contribution is -0.269. The summed E-state index contributed by atoms with van der Waals surface area (Å²) in [7, 11) is -3.86. The molecule has 16 heteroatoms. The minimum atomic E-state index is -5.30. The number of ether oxygens (including phenoxy) is 2. The lowest BCUT2D eigenvalue weighted by Crippen LogP contribution is -2.45. The first-order chi connectivity index (χ1) is 19.0. The maximum atomic E-state index is 14.0. The van der Waals surface area contributed by atoms with Crippen molar-refractivity contribution >= 4 is 21.8 Å². The molecule has 0 bridgehead atoms. The smallest absolute Gasteiger partial charge is 0.423 e. The van der Waals surface area contributed by atoms with E-state index in [9.17, 15) is 42.3 Å². The van der Waals surface area contributed by atoms with Gasteiger partial charge in [0.15, 0.2) is 0 Å². The van der Waals surface area contributed by atoms with Crippen LogP contribution in [0.1, 0.15) is 58.7 Å². The van der Waals surface area contributed by atoms with Crippen LogP contribution in [0.5, 0.6) is 11.6 Å². The molecule has 2 rings (SSSR count). The summed E-state index contributed by atoms with van der Waals surface area (Å²) in [6.07, 6.45) is -6.67. The van der Waals surface area contributed by atoms with Gasteiger partial charge in [-0.05, 0) is 58.7 Å². The molecule has 0 fully saturated rings. The van der Waals surface area contributed by atoms with Gasteiger partial charge in [-0.25, -0.2) is 18.8 Å². The Morgan fingerprint density at radius 1 is 1.07 bits per heavy atom. The number of nitrogens with one attached hydrogen (secondary N) is 2. The molecule has 2 aromatic rings. The van der Waals surface area contributed by atoms with Gasteiger partial charge in [-0.3, -0.25) is 9.76 Å². The van der Waals surface area contributed by atoms with E-state index in [0.29, 0.717) is 11.8 Å². The second-order valence-electron chi connectivity index (χ2n) is 11.1. The van der Waals surface area contributed by atoms with E-state index < -0.39 is 80.9 Å². The monoisotopic (exact) mass is 620 g/mol. The van der Waals surface area contributed by atoms with Crippen LogP contribution >= 0.6 is 0 Å². The van der Waals surface area contributed by atoms with Crippen molar-refractivity contribution in [1.82, 2.24) is 15.3 Å². The van der Waals surface area contributed by atoms with Crippen molar-refractivity contribution in [2.75, 3.05) is 11.5 Å². The molecule has 12 nitrogen and oxygen atoms in total. The molecule has 0 spiro atoms. The number of benzene rings is 1. The number of carboxylic acid groups (broad SMARTS) is 1. The summed E-state index contributed by atoms with van der Waals surface area (Å²) in [4.78, 5) is 30.8. The normalized spacial score (nSPS) is 16.0. The van der Waals surface area contributed by atoms with E-state index in [0.717, 1.165) is 6.20 Å². The van der Waals surface area contributed by atoms with Gasteiger partial charge in [-0.15, -0.1) is 0 Å². The Labute approximate surface area is 241 Å². The molecule has 42 heavy (non-hydrogen) atoms. The highest BCUT2D eigenvalue weighted by Gasteiger charge is 2.56. The molecule has 0 aliphatic carbocycles. The Morgan fingerprint density at radius 2 is 1.71 bits per heavy atom. The Balaban J connectivity index is 2.14. The SMILES string of the molecule is CC(C)(C)OC(=O)N[C@@H](CCS(=N)(=O)CCC(O)(c1cnc(Oc2cccc(C(C)(C)O)c2)cn1)C(F)(F)F)C(=O)O. The number of hydrogen-bond acceptors (Lipinski definition) is 10. The van der Waals surface area contributed by atoms with Crippen molar-refractivity contribution in [1.29, 1.82) is 4.78 Å². The number of halogens is 3. The lowest BCUT2D eigenvalue weighted by atomic mass is 9.96. The zero-order chi connectivity index (χ0) is 32.1. The van der Waals surface area contributed by atoms with Gasteiger partial charge in [0.25, 0.3) is 0 Å². The number of aliphatic carboxylic acids is 1. The average Bonchev–Trinajstić information content (AvgIpc) is 2.83. The zero-order valence-electron chi connectivity index (χ0n) is 23.7. The van der Waals surface area contributed by atoms with Gasteiger partial charge in [-0.1, -0.05) is 12.1 Å². The summed E-state index contributed by atoms with van der Waals surface area (Å²) in [6, 6.07) is 4.66. The van der Waals surface area contributed by atoms with Crippen LogP contribution < -0.4 is 10.1 Å². The van der Waals surface area contributed by atoms with Gasteiger partial charge in [0.05, 0.1) is 23.7 Å². The summed E-state index contributed by atoms with van der Waals surface area (Å²) >= 11 is 0. The summed E-state index contributed by atoms with van der Waals surface area (Å²) in [5.41, 5.74) is -6.18. The molecule has 1 aromatic heterocycles. The fraction of sp³-hybridized carbons (Fsp3) is 0.538. The number of carboxylic acids is 1. The fourth-order valence-electron chi connectivity index (χ4n) is 3.49. The standard InChI is InChI=1S/C26H35F3N4O8S/c1-23(2,3)41-22(36)33-18(21(34)35)9-11-42(30,39)12-10-25(38,26(27,28)29)19-14-32-20(15-31-19)40-17-8-6-7-16(13-17)24(4,5)37/h6-8,13-15,18,30,37-38H,9-12H2,1-5H3,(H,33,36)(H,34,35)/t18-,25?,42?/m0/s1. The van der Waals surface area contributed by atoms with Crippen molar-refractivity contribution in [3.8, 4) is 11.6 Å². The molecule has 0 saturated carbocycles. The zero-order valence-corrected chi connectivity index (χ0v) is 24.5. The van der Waals surface area contributed by atoms with E-state index in [-0.39, 0.29) is 11.6 Å². The number of rotatable bonds is 12. The Morgan fingerprint density at radius 3 is 2.21 bits per heavy atom. The van der Waals surface area contributed by atoms with Crippen molar-refractivity contribution in [3.63, 3.8) is 0 Å². The molecule has 1 aromatic carbocycles. The number of alkyl halides is 3. The highest BCUT2D eigenvalue weighted by atomic mass is 32.2. The summed E-state index contributed by atoms with van der Waals surface area (Å²) in [5, 5.41) is 32.2. The Hall–Kier alpha value is -3.50. The van der Waals surface area contributed by atoms with Crippen molar-refractivity contribution in [2.24, 2.45) is 0 Å². The van der Waals surface area contributed by atoms with Gasteiger partial charge in [0, 0.05) is 27.7 Å². The van der Waals surface area contributed by atoms with Crippen LogP contribution in [0.2, 0.25) is 0 Å². The van der Waals surface area contributed by atoms with E-state index in [1.807, 2.05) is 0 Å². The lowest BCUT2D eigenvalue weighted by Gasteiger charge is -2.30. The molecule has 1 amide bonds. The summed E-state index contributed by atoms with van der Waals surface area (Å²) in [6.45, 7) is 7.74. The maximum absolute atomic E-state index is 14.0. The number of amides is 1. The number of aliphatic hydroxyl groups is 2. The van der Waals surface area contributed by atoms with Crippen LogP contribution in [-0.2, 0) is 30.5 Å². The second-order valence-corrected chi connectivity index (χ2v) is 13.5. The molecule has 2 unspecified atom stereocenters. The first-order valence-corrected chi connectivity index (χ1v) is 14.5. The average molecular weight is 621 g/mol. The first kappa shape index (κ1) is 34.7. The first-order valence-electron chi connectivity index (χ1n) is 12.6. The molecule has 0 aliphatic heterocycles.